The number of amides is 4. The Morgan fingerprint density at radius 1 is 0.967 bits per heavy atom. The highest BCUT2D eigenvalue weighted by Gasteiger charge is 2.68. The average molecular weight is 480 g/mol. The number of pyridine rings is 1. The minimum atomic E-state index is -2.25. The molecule has 12 heteroatoms. The topological polar surface area (TPSA) is 124 Å². The van der Waals surface area contributed by atoms with Crippen LogP contribution in [-0.4, -0.2) is 61.5 Å². The number of urea groups is 1. The third-order valence-corrected chi connectivity index (χ3v) is 5.43. The van der Waals surface area contributed by atoms with Crippen LogP contribution in [0.2, 0.25) is 0 Å². The van der Waals surface area contributed by atoms with Crippen LogP contribution in [-0.2, 0) is 23.7 Å². The van der Waals surface area contributed by atoms with Crippen molar-refractivity contribution in [3.05, 3.63) is 56.5 Å². The number of likely N-dealkylation sites (N-methyl/N-ethyl adjacent to an activating group) is 2. The molecule has 4 rings (SSSR count). The lowest BCUT2D eigenvalue weighted by Gasteiger charge is -2.41. The third kappa shape index (κ3) is 2.43. The highest BCUT2D eigenvalue weighted by Crippen LogP contribution is 2.49. The van der Waals surface area contributed by atoms with Gasteiger partial charge in [-0.05, 0) is 11.6 Å². The Morgan fingerprint density at radius 3 is 2.10 bits per heavy atom. The molecule has 1 fully saturated rings. The van der Waals surface area contributed by atoms with Crippen LogP contribution in [0.25, 0.3) is 0 Å². The summed E-state index contributed by atoms with van der Waals surface area (Å²) in [6, 6.07) is 2.36. The van der Waals surface area contributed by atoms with Crippen molar-refractivity contribution in [2.24, 2.45) is 14.1 Å². The molecule has 2 aromatic rings. The van der Waals surface area contributed by atoms with Gasteiger partial charge in [0.2, 0.25) is 5.88 Å². The number of aromatic nitrogens is 3. The molecule has 0 saturated carbocycles. The van der Waals surface area contributed by atoms with Crippen molar-refractivity contribution >= 4 is 34.8 Å². The molecule has 0 aromatic carbocycles. The molecule has 2 aliphatic heterocycles. The Bertz CT molecular complexity index is 1180. The molecule has 1 saturated heterocycles. The number of rotatable bonds is 1. The first-order chi connectivity index (χ1) is 13.6. The lowest BCUT2D eigenvalue weighted by atomic mass is 9.77. The van der Waals surface area contributed by atoms with Crippen LogP contribution in [0.15, 0.2) is 34.1 Å². The van der Waals surface area contributed by atoms with Crippen LogP contribution in [0, 0.1) is 0 Å². The fourth-order valence-electron chi connectivity index (χ4n) is 3.91. The molecule has 0 N–H and O–H groups in total. The summed E-state index contributed by atoms with van der Waals surface area (Å²) in [6.45, 7) is 0. The van der Waals surface area contributed by atoms with Gasteiger partial charge in [-0.1, -0.05) is 6.07 Å². The smallest absolute Gasteiger partial charge is 0.333 e. The van der Waals surface area contributed by atoms with Crippen LogP contribution in [0.4, 0.5) is 4.79 Å². The van der Waals surface area contributed by atoms with E-state index in [9.17, 15) is 24.0 Å². The Kier molecular flexibility index (Phi) is 4.93. The zero-order valence-electron chi connectivity index (χ0n) is 16.5. The Morgan fingerprint density at radius 2 is 1.57 bits per heavy atom. The van der Waals surface area contributed by atoms with Gasteiger partial charge in [-0.15, -0.1) is 17.0 Å². The summed E-state index contributed by atoms with van der Waals surface area (Å²) in [5.41, 5.74) is -3.29. The maximum atomic E-state index is 13.3. The first-order valence-electron chi connectivity index (χ1n) is 8.63. The predicted octanol–water partition coefficient (Wildman–Crippen LogP) is -0.630. The third-order valence-electron chi connectivity index (χ3n) is 5.43. The molecule has 2 aromatic heterocycles. The zero-order chi connectivity index (χ0) is 21.2. The fourth-order valence-corrected chi connectivity index (χ4v) is 3.91. The fraction of sp³-hybridized carbons (Fsp3) is 0.333. The largest absolute Gasteiger partial charge is 0.450 e. The lowest BCUT2D eigenvalue weighted by molar-refractivity contribution is -0.164. The van der Waals surface area contributed by atoms with Gasteiger partial charge in [0.05, 0.1) is 11.5 Å². The maximum absolute atomic E-state index is 13.3. The molecule has 1 spiro atoms. The van der Waals surface area contributed by atoms with Crippen molar-refractivity contribution in [1.29, 1.82) is 0 Å². The van der Waals surface area contributed by atoms with E-state index in [4.69, 9.17) is 4.74 Å². The van der Waals surface area contributed by atoms with E-state index < -0.39 is 40.6 Å². The van der Waals surface area contributed by atoms with Crippen LogP contribution >= 0.6 is 17.0 Å². The van der Waals surface area contributed by atoms with Crippen molar-refractivity contribution in [1.82, 2.24) is 23.9 Å². The number of carbonyl (C=O) groups excluding carboxylic acids is 3. The molecule has 0 bridgehead atoms. The molecule has 158 valence electrons. The van der Waals surface area contributed by atoms with E-state index >= 15 is 0 Å². The van der Waals surface area contributed by atoms with Gasteiger partial charge in [0.15, 0.2) is 0 Å². The monoisotopic (exact) mass is 479 g/mol. The number of fused-ring (bicyclic) bond motifs is 1. The number of imide groups is 2. The lowest BCUT2D eigenvalue weighted by Crippen LogP contribution is -2.70. The van der Waals surface area contributed by atoms with Gasteiger partial charge in [0, 0.05) is 40.6 Å². The summed E-state index contributed by atoms with van der Waals surface area (Å²) in [7, 11) is 5.11. The van der Waals surface area contributed by atoms with Crippen LogP contribution in [0.1, 0.15) is 17.0 Å². The van der Waals surface area contributed by atoms with E-state index in [-0.39, 0.29) is 28.4 Å². The number of hydrogen-bond donors (Lipinski definition) is 0. The summed E-state index contributed by atoms with van der Waals surface area (Å²) < 4.78 is 7.79. The van der Waals surface area contributed by atoms with Crippen molar-refractivity contribution < 1.29 is 19.1 Å². The molecule has 0 aliphatic carbocycles. The number of ether oxygens (including phenoxy) is 1. The van der Waals surface area contributed by atoms with Crippen molar-refractivity contribution in [3.63, 3.8) is 0 Å². The van der Waals surface area contributed by atoms with E-state index in [1.54, 1.807) is 12.1 Å². The molecule has 1 unspecified atom stereocenters. The van der Waals surface area contributed by atoms with E-state index in [1.165, 1.54) is 40.6 Å². The second-order valence-corrected chi connectivity index (χ2v) is 6.99. The molecule has 0 radical (unpaired) electrons. The summed E-state index contributed by atoms with van der Waals surface area (Å²) in [6.07, 6.45) is 2.91. The van der Waals surface area contributed by atoms with Crippen molar-refractivity contribution in [2.45, 2.75) is 11.5 Å². The molecule has 4 heterocycles. The van der Waals surface area contributed by atoms with E-state index in [0.29, 0.717) is 5.56 Å². The summed E-state index contributed by atoms with van der Waals surface area (Å²) in [5, 5.41) is 0. The highest BCUT2D eigenvalue weighted by atomic mass is 79.9. The molecular formula is C18H18BrN5O6. The second-order valence-electron chi connectivity index (χ2n) is 6.99. The zero-order valence-corrected chi connectivity index (χ0v) is 18.2. The molecule has 11 nitrogen and oxygen atoms in total. The average Bonchev–Trinajstić information content (AvgIpc) is 3.10. The maximum Gasteiger partial charge on any atom is 0.333 e. The SMILES string of the molecule is Br.CN1C(=O)N(C)C(=O)C2(Oc3c(c(=O)n(C)c(=O)n3C)C2c2cccnc2)C1=O. The quantitative estimate of drug-likeness (QED) is 0.498. The first kappa shape index (κ1) is 21.4. The minimum absolute atomic E-state index is 0. The number of hydrogen-bond acceptors (Lipinski definition) is 7. The van der Waals surface area contributed by atoms with E-state index in [0.717, 1.165) is 18.9 Å². The van der Waals surface area contributed by atoms with Gasteiger partial charge in [0.1, 0.15) is 0 Å². The van der Waals surface area contributed by atoms with Crippen molar-refractivity contribution in [3.8, 4) is 5.88 Å². The molecule has 4 amide bonds. The highest BCUT2D eigenvalue weighted by molar-refractivity contribution is 8.93. The number of halogens is 1. The summed E-state index contributed by atoms with van der Waals surface area (Å²) in [4.78, 5) is 69.8. The van der Waals surface area contributed by atoms with Gasteiger partial charge in [-0.2, -0.15) is 0 Å². The normalized spacial score (nSPS) is 19.6. The Labute approximate surface area is 180 Å². The van der Waals surface area contributed by atoms with E-state index in [2.05, 4.69) is 4.98 Å². The Hall–Kier alpha value is -3.28. The molecule has 30 heavy (non-hydrogen) atoms. The number of barbiturate groups is 1. The van der Waals surface area contributed by atoms with Gasteiger partial charge >= 0.3 is 11.7 Å². The van der Waals surface area contributed by atoms with Crippen LogP contribution in [0.5, 0.6) is 5.88 Å². The first-order valence-corrected chi connectivity index (χ1v) is 8.63. The van der Waals surface area contributed by atoms with Crippen LogP contribution < -0.4 is 16.0 Å². The summed E-state index contributed by atoms with van der Waals surface area (Å²) in [5.74, 6) is -3.24. The predicted molar refractivity (Wildman–Crippen MR) is 108 cm³/mol. The molecule has 2 aliphatic rings. The minimum Gasteiger partial charge on any atom is -0.450 e. The number of nitrogens with zero attached hydrogens (tertiary/aromatic N) is 5. The summed E-state index contributed by atoms with van der Waals surface area (Å²) >= 11 is 0. The van der Waals surface area contributed by atoms with Gasteiger partial charge in [-0.25, -0.2) is 9.59 Å². The van der Waals surface area contributed by atoms with Crippen LogP contribution in [0.3, 0.4) is 0 Å². The van der Waals surface area contributed by atoms with Gasteiger partial charge in [-0.3, -0.25) is 38.3 Å². The Balaban J connectivity index is 0.00000256. The van der Waals surface area contributed by atoms with Gasteiger partial charge in [0.25, 0.3) is 23.0 Å². The number of carbonyl (C=O) groups is 3. The standard InChI is InChI=1S/C18H17N5O6.BrH/c1-20-12(24)10-11(9-6-5-7-19-8-9)18(29-13(10)21(2)16(20)27)14(25)22(3)17(28)23(4)15(18)26;/h5-8,11H,1-4H3;1H. The van der Waals surface area contributed by atoms with E-state index in [1.807, 2.05) is 0 Å². The second kappa shape index (κ2) is 6.90. The van der Waals surface area contributed by atoms with Crippen molar-refractivity contribution in [2.75, 3.05) is 14.1 Å². The molecule has 1 atom stereocenters. The van der Waals surface area contributed by atoms with Gasteiger partial charge < -0.3 is 4.74 Å². The molecular weight excluding hydrogens is 462 g/mol.